The van der Waals surface area contributed by atoms with E-state index in [4.69, 9.17) is 27.8 Å². The summed E-state index contributed by atoms with van der Waals surface area (Å²) in [6.07, 6.45) is 2.39. The Morgan fingerprint density at radius 2 is 1.86 bits per heavy atom. The van der Waals surface area contributed by atoms with Gasteiger partial charge in [0, 0.05) is 12.4 Å². The van der Waals surface area contributed by atoms with Gasteiger partial charge in [0.05, 0.1) is 6.54 Å². The summed E-state index contributed by atoms with van der Waals surface area (Å²) in [6, 6.07) is -1.04. The maximum Gasteiger partial charge on any atom is 0.362 e. The molecular formula is C10H9Cl2N3O6S. The second-order valence-electron chi connectivity index (χ2n) is 4.42. The van der Waals surface area contributed by atoms with Crippen LogP contribution in [0.5, 0.6) is 0 Å². The van der Waals surface area contributed by atoms with Crippen molar-refractivity contribution in [2.24, 2.45) is 0 Å². The number of nitrogens with one attached hydrogen (secondary N) is 1. The molecule has 1 aromatic rings. The van der Waals surface area contributed by atoms with Crippen LogP contribution in [0.15, 0.2) is 17.2 Å². The molecule has 2 N–H and O–H groups in total. The molecule has 2 rings (SSSR count). The molecule has 120 valence electrons. The molecule has 1 atom stereocenters. The van der Waals surface area contributed by atoms with Crippen molar-refractivity contribution in [2.45, 2.75) is 12.6 Å². The summed E-state index contributed by atoms with van der Waals surface area (Å²) in [5, 5.41) is 1.94. The molecule has 0 radical (unpaired) electrons. The van der Waals surface area contributed by atoms with Crippen LogP contribution in [-0.4, -0.2) is 46.2 Å². The van der Waals surface area contributed by atoms with Crippen molar-refractivity contribution in [2.75, 3.05) is 6.54 Å². The topological polar surface area (TPSA) is 126 Å². The van der Waals surface area contributed by atoms with E-state index in [1.165, 1.54) is 17.0 Å². The molecule has 1 aliphatic rings. The molecule has 2 amide bonds. The molecule has 1 aromatic heterocycles. The van der Waals surface area contributed by atoms with Crippen LogP contribution in [0.1, 0.15) is 0 Å². The second-order valence-corrected chi connectivity index (χ2v) is 6.57. The first kappa shape index (κ1) is 16.7. The van der Waals surface area contributed by atoms with Gasteiger partial charge in [-0.3, -0.25) is 18.9 Å². The van der Waals surface area contributed by atoms with Gasteiger partial charge in [0.25, 0.3) is 5.91 Å². The number of halogens is 2. The number of nitrogens with zero attached hydrogens (tertiary/aromatic N) is 2. The van der Waals surface area contributed by atoms with E-state index in [9.17, 15) is 22.8 Å². The highest BCUT2D eigenvalue weighted by molar-refractivity contribution is 7.84. The van der Waals surface area contributed by atoms with Crippen molar-refractivity contribution in [1.82, 2.24) is 14.2 Å². The van der Waals surface area contributed by atoms with Crippen LogP contribution in [0.2, 0.25) is 10.0 Å². The van der Waals surface area contributed by atoms with E-state index in [1.54, 1.807) is 0 Å². The Morgan fingerprint density at radius 3 is 2.32 bits per heavy atom. The highest BCUT2D eigenvalue weighted by Gasteiger charge is 2.44. The van der Waals surface area contributed by atoms with Gasteiger partial charge in [-0.25, -0.2) is 4.31 Å². The lowest BCUT2D eigenvalue weighted by Gasteiger charge is -2.35. The summed E-state index contributed by atoms with van der Waals surface area (Å²) in [5.74, 6) is -1.56. The number of amides is 2. The summed E-state index contributed by atoms with van der Waals surface area (Å²) in [6.45, 7) is -0.634. The van der Waals surface area contributed by atoms with Crippen LogP contribution >= 0.6 is 23.2 Å². The molecule has 1 aliphatic heterocycles. The van der Waals surface area contributed by atoms with Gasteiger partial charge >= 0.3 is 10.3 Å². The number of pyridine rings is 1. The average molecular weight is 370 g/mol. The molecule has 2 heterocycles. The zero-order valence-electron chi connectivity index (χ0n) is 10.7. The standard InChI is InChI=1S/C10H9Cl2N3O6S/c11-5-1-14(2-6(12)9(5)17)4-8(16)13-7-3-15(10(7)18)22(19,20)21/h1-2,7H,3-4H2,(H,13,16)(H,19,20,21). The number of carbonyl (C=O) groups excluding carboxylic acids is 2. The van der Waals surface area contributed by atoms with Crippen molar-refractivity contribution in [3.8, 4) is 0 Å². The summed E-state index contributed by atoms with van der Waals surface area (Å²) in [7, 11) is -4.60. The molecule has 1 fully saturated rings. The lowest BCUT2D eigenvalue weighted by Crippen LogP contribution is -2.65. The SMILES string of the molecule is O=C(Cn1cc(Cl)c(=O)c(Cl)c1)NC1CN(S(=O)(=O)O)C1=O. The van der Waals surface area contributed by atoms with E-state index in [0.717, 1.165) is 0 Å². The Balaban J connectivity index is 1.98. The highest BCUT2D eigenvalue weighted by atomic mass is 35.5. The molecular weight excluding hydrogens is 361 g/mol. The van der Waals surface area contributed by atoms with Gasteiger partial charge in [0.1, 0.15) is 22.6 Å². The minimum absolute atomic E-state index is 0.169. The van der Waals surface area contributed by atoms with Gasteiger partial charge < -0.3 is 9.88 Å². The number of β-lactam (4-membered cyclic amide) rings is 1. The third kappa shape index (κ3) is 3.40. The van der Waals surface area contributed by atoms with Gasteiger partial charge in [-0.05, 0) is 0 Å². The van der Waals surface area contributed by atoms with E-state index < -0.39 is 33.6 Å². The van der Waals surface area contributed by atoms with Gasteiger partial charge in [-0.15, -0.1) is 0 Å². The third-order valence-corrected chi connectivity index (χ3v) is 4.25. The first-order chi connectivity index (χ1) is 10.1. The van der Waals surface area contributed by atoms with Crippen LogP contribution in [0.4, 0.5) is 0 Å². The van der Waals surface area contributed by atoms with E-state index in [-0.39, 0.29) is 27.4 Å². The van der Waals surface area contributed by atoms with E-state index in [2.05, 4.69) is 5.32 Å². The van der Waals surface area contributed by atoms with Gasteiger partial charge in [0.15, 0.2) is 0 Å². The maximum absolute atomic E-state index is 11.7. The number of carbonyl (C=O) groups is 2. The fourth-order valence-corrected chi connectivity index (χ4v) is 2.96. The Kier molecular flexibility index (Phi) is 4.47. The van der Waals surface area contributed by atoms with E-state index in [1.807, 2.05) is 0 Å². The fourth-order valence-electron chi connectivity index (χ4n) is 1.77. The Bertz CT molecular complexity index is 779. The second kappa shape index (κ2) is 5.88. The van der Waals surface area contributed by atoms with Gasteiger partial charge in [0.2, 0.25) is 11.3 Å². The minimum atomic E-state index is -4.60. The molecule has 12 heteroatoms. The molecule has 1 unspecified atom stereocenters. The fraction of sp³-hybridized carbons (Fsp3) is 0.300. The van der Waals surface area contributed by atoms with Crippen molar-refractivity contribution in [3.05, 3.63) is 32.7 Å². The van der Waals surface area contributed by atoms with E-state index >= 15 is 0 Å². The van der Waals surface area contributed by atoms with Crippen molar-refractivity contribution in [1.29, 1.82) is 0 Å². The zero-order valence-corrected chi connectivity index (χ0v) is 13.0. The van der Waals surface area contributed by atoms with Crippen LogP contribution in [-0.2, 0) is 26.4 Å². The van der Waals surface area contributed by atoms with Crippen LogP contribution in [0.25, 0.3) is 0 Å². The summed E-state index contributed by atoms with van der Waals surface area (Å²) in [5.41, 5.74) is -0.571. The lowest BCUT2D eigenvalue weighted by atomic mass is 10.1. The Hall–Kier alpha value is -1.62. The quantitative estimate of drug-likeness (QED) is 0.533. The van der Waals surface area contributed by atoms with Crippen molar-refractivity contribution < 1.29 is 22.6 Å². The maximum atomic E-state index is 11.7. The van der Waals surface area contributed by atoms with Crippen LogP contribution < -0.4 is 10.7 Å². The largest absolute Gasteiger partial charge is 0.362 e. The van der Waals surface area contributed by atoms with Crippen molar-refractivity contribution >= 4 is 45.3 Å². The third-order valence-electron chi connectivity index (χ3n) is 2.82. The number of rotatable bonds is 4. The van der Waals surface area contributed by atoms with Crippen LogP contribution in [0.3, 0.4) is 0 Å². The summed E-state index contributed by atoms with van der Waals surface area (Å²) in [4.78, 5) is 34.5. The molecule has 1 saturated heterocycles. The predicted molar refractivity (Wildman–Crippen MR) is 75.9 cm³/mol. The molecule has 0 bridgehead atoms. The molecule has 0 saturated carbocycles. The smallest absolute Gasteiger partial charge is 0.342 e. The first-order valence-corrected chi connectivity index (χ1v) is 7.88. The Labute approximate surface area is 134 Å². The normalized spacial score (nSPS) is 18.0. The number of hydrogen-bond acceptors (Lipinski definition) is 5. The van der Waals surface area contributed by atoms with Gasteiger partial charge in [-0.2, -0.15) is 8.42 Å². The number of hydrogen-bond donors (Lipinski definition) is 2. The molecule has 0 aliphatic carbocycles. The summed E-state index contributed by atoms with van der Waals surface area (Å²) >= 11 is 11.3. The summed E-state index contributed by atoms with van der Waals surface area (Å²) < 4.78 is 31.6. The monoisotopic (exact) mass is 369 g/mol. The molecule has 9 nitrogen and oxygen atoms in total. The average Bonchev–Trinajstić information content (AvgIpc) is 2.38. The molecule has 0 aromatic carbocycles. The lowest BCUT2D eigenvalue weighted by molar-refractivity contribution is -0.140. The van der Waals surface area contributed by atoms with Crippen molar-refractivity contribution in [3.63, 3.8) is 0 Å². The van der Waals surface area contributed by atoms with Crippen LogP contribution in [0, 0.1) is 0 Å². The highest BCUT2D eigenvalue weighted by Crippen LogP contribution is 2.14. The number of aromatic nitrogens is 1. The first-order valence-electron chi connectivity index (χ1n) is 5.73. The Morgan fingerprint density at radius 1 is 1.32 bits per heavy atom. The zero-order chi connectivity index (χ0) is 16.7. The van der Waals surface area contributed by atoms with Gasteiger partial charge in [-0.1, -0.05) is 23.2 Å². The molecule has 0 spiro atoms. The predicted octanol–water partition coefficient (Wildman–Crippen LogP) is -0.715. The molecule has 22 heavy (non-hydrogen) atoms. The van der Waals surface area contributed by atoms with E-state index in [0.29, 0.717) is 0 Å². The minimum Gasteiger partial charge on any atom is -0.342 e.